The zero-order valence-corrected chi connectivity index (χ0v) is 12.3. The third-order valence-corrected chi connectivity index (χ3v) is 2.91. The molecule has 0 aromatic carbocycles. The zero-order chi connectivity index (χ0) is 15.3. The maximum Gasteiger partial charge on any atom is 0.318 e. The molecule has 0 fully saturated rings. The van der Waals surface area contributed by atoms with E-state index in [0.717, 1.165) is 0 Å². The quantitative estimate of drug-likeness (QED) is 0.869. The monoisotopic (exact) mass is 282 g/mol. The number of nitrogens with one attached hydrogen (secondary N) is 1. The summed E-state index contributed by atoms with van der Waals surface area (Å²) in [6.45, 7) is 7.58. The van der Waals surface area contributed by atoms with Gasteiger partial charge in [-0.05, 0) is 39.8 Å². The average molecular weight is 282 g/mol. The second kappa shape index (κ2) is 6.45. The van der Waals surface area contributed by atoms with E-state index < -0.39 is 11.5 Å². The first kappa shape index (κ1) is 16.1. The first-order valence-electron chi connectivity index (χ1n) is 6.55. The number of hydrogen-bond donors (Lipinski definition) is 2. The number of carboxylic acids is 1. The number of urea groups is 1. The van der Waals surface area contributed by atoms with Crippen molar-refractivity contribution in [1.29, 1.82) is 0 Å². The van der Waals surface area contributed by atoms with Crippen LogP contribution in [0, 0.1) is 0 Å². The van der Waals surface area contributed by atoms with Crippen molar-refractivity contribution >= 4 is 12.0 Å². The summed E-state index contributed by atoms with van der Waals surface area (Å²) in [4.78, 5) is 24.5. The van der Waals surface area contributed by atoms with E-state index in [1.165, 1.54) is 4.90 Å². The molecule has 6 nitrogen and oxygen atoms in total. The van der Waals surface area contributed by atoms with Crippen LogP contribution in [0.4, 0.5) is 4.79 Å². The molecule has 0 aliphatic heterocycles. The Labute approximate surface area is 118 Å². The molecule has 112 valence electrons. The molecule has 20 heavy (non-hydrogen) atoms. The van der Waals surface area contributed by atoms with Crippen molar-refractivity contribution < 1.29 is 19.1 Å². The SMILES string of the molecule is CC(NC(=O)N(CCC(=O)O)C(C)(C)C)c1ccco1. The third kappa shape index (κ3) is 4.60. The van der Waals surface area contributed by atoms with Crippen molar-refractivity contribution in [3.8, 4) is 0 Å². The topological polar surface area (TPSA) is 82.8 Å². The Balaban J connectivity index is 2.70. The molecule has 1 aromatic heterocycles. The molecule has 1 rings (SSSR count). The van der Waals surface area contributed by atoms with Crippen molar-refractivity contribution in [3.63, 3.8) is 0 Å². The largest absolute Gasteiger partial charge is 0.481 e. The highest BCUT2D eigenvalue weighted by atomic mass is 16.4. The van der Waals surface area contributed by atoms with Gasteiger partial charge in [0.1, 0.15) is 5.76 Å². The van der Waals surface area contributed by atoms with Crippen LogP contribution in [0.3, 0.4) is 0 Å². The molecule has 1 aromatic rings. The predicted octanol–water partition coefficient (Wildman–Crippen LogP) is 2.63. The first-order valence-corrected chi connectivity index (χ1v) is 6.55. The lowest BCUT2D eigenvalue weighted by atomic mass is 10.1. The molecule has 2 N–H and O–H groups in total. The second-order valence-electron chi connectivity index (χ2n) is 5.65. The highest BCUT2D eigenvalue weighted by Crippen LogP contribution is 2.17. The van der Waals surface area contributed by atoms with Crippen molar-refractivity contribution in [2.45, 2.75) is 45.7 Å². The Hall–Kier alpha value is -1.98. The molecule has 2 amide bonds. The summed E-state index contributed by atoms with van der Waals surface area (Å²) in [6, 6.07) is 2.96. The number of amides is 2. The van der Waals surface area contributed by atoms with Gasteiger partial charge in [0.2, 0.25) is 0 Å². The highest BCUT2D eigenvalue weighted by molar-refractivity contribution is 5.76. The van der Waals surface area contributed by atoms with Crippen LogP contribution in [0.2, 0.25) is 0 Å². The fourth-order valence-corrected chi connectivity index (χ4v) is 1.82. The van der Waals surface area contributed by atoms with Gasteiger partial charge < -0.3 is 19.7 Å². The van der Waals surface area contributed by atoms with Crippen LogP contribution < -0.4 is 5.32 Å². The lowest BCUT2D eigenvalue weighted by Gasteiger charge is -2.36. The highest BCUT2D eigenvalue weighted by Gasteiger charge is 2.28. The second-order valence-corrected chi connectivity index (χ2v) is 5.65. The van der Waals surface area contributed by atoms with Crippen LogP contribution in [0.1, 0.15) is 45.9 Å². The summed E-state index contributed by atoms with van der Waals surface area (Å²) < 4.78 is 5.23. The Bertz CT molecular complexity index is 448. The van der Waals surface area contributed by atoms with Crippen molar-refractivity contribution in [2.75, 3.05) is 6.54 Å². The van der Waals surface area contributed by atoms with Gasteiger partial charge in [0.05, 0.1) is 18.7 Å². The van der Waals surface area contributed by atoms with E-state index in [2.05, 4.69) is 5.32 Å². The van der Waals surface area contributed by atoms with Gasteiger partial charge in [0, 0.05) is 12.1 Å². The molecule has 1 atom stereocenters. The van der Waals surface area contributed by atoms with E-state index in [-0.39, 0.29) is 25.0 Å². The van der Waals surface area contributed by atoms with E-state index in [1.807, 2.05) is 27.7 Å². The van der Waals surface area contributed by atoms with E-state index in [0.29, 0.717) is 5.76 Å². The summed E-state index contributed by atoms with van der Waals surface area (Å²) in [5.41, 5.74) is -0.456. The Morgan fingerprint density at radius 2 is 2.10 bits per heavy atom. The summed E-state index contributed by atoms with van der Waals surface area (Å²) in [7, 11) is 0. The van der Waals surface area contributed by atoms with Crippen LogP contribution >= 0.6 is 0 Å². The number of nitrogens with zero attached hydrogens (tertiary/aromatic N) is 1. The molecule has 0 saturated carbocycles. The summed E-state index contributed by atoms with van der Waals surface area (Å²) >= 11 is 0. The van der Waals surface area contributed by atoms with Crippen LogP contribution in [0.5, 0.6) is 0 Å². The Morgan fingerprint density at radius 3 is 2.55 bits per heavy atom. The standard InChI is InChI=1S/C14H22N2O4/c1-10(11-6-5-9-20-11)15-13(19)16(14(2,3)4)8-7-12(17)18/h5-6,9-10H,7-8H2,1-4H3,(H,15,19)(H,17,18). The van der Waals surface area contributed by atoms with Gasteiger partial charge in [-0.3, -0.25) is 4.79 Å². The normalized spacial score (nSPS) is 12.8. The molecule has 1 heterocycles. The maximum absolute atomic E-state index is 12.3. The molecular weight excluding hydrogens is 260 g/mol. The molecular formula is C14H22N2O4. The van der Waals surface area contributed by atoms with Gasteiger partial charge in [-0.2, -0.15) is 0 Å². The fraction of sp³-hybridized carbons (Fsp3) is 0.571. The smallest absolute Gasteiger partial charge is 0.318 e. The number of carboxylic acid groups (broad SMARTS) is 1. The van der Waals surface area contributed by atoms with E-state index in [4.69, 9.17) is 9.52 Å². The molecule has 0 aliphatic carbocycles. The van der Waals surface area contributed by atoms with Crippen molar-refractivity contribution in [2.24, 2.45) is 0 Å². The minimum atomic E-state index is -0.925. The number of carbonyl (C=O) groups is 2. The van der Waals surface area contributed by atoms with Gasteiger partial charge >= 0.3 is 12.0 Å². The van der Waals surface area contributed by atoms with E-state index in [1.54, 1.807) is 18.4 Å². The minimum absolute atomic E-state index is 0.0835. The van der Waals surface area contributed by atoms with Gasteiger partial charge in [0.15, 0.2) is 0 Å². The van der Waals surface area contributed by atoms with E-state index in [9.17, 15) is 9.59 Å². The minimum Gasteiger partial charge on any atom is -0.481 e. The van der Waals surface area contributed by atoms with Gasteiger partial charge in [-0.15, -0.1) is 0 Å². The predicted molar refractivity (Wildman–Crippen MR) is 74.4 cm³/mol. The molecule has 0 bridgehead atoms. The molecule has 0 aliphatic rings. The number of hydrogen-bond acceptors (Lipinski definition) is 3. The molecule has 6 heteroatoms. The summed E-state index contributed by atoms with van der Waals surface area (Å²) in [5.74, 6) is -0.267. The average Bonchev–Trinajstić information content (AvgIpc) is 2.79. The number of furan rings is 1. The summed E-state index contributed by atoms with van der Waals surface area (Å²) in [6.07, 6.45) is 1.46. The van der Waals surface area contributed by atoms with Crippen LogP contribution in [0.25, 0.3) is 0 Å². The lowest BCUT2D eigenvalue weighted by Crippen LogP contribution is -2.51. The molecule has 0 spiro atoms. The number of rotatable bonds is 5. The van der Waals surface area contributed by atoms with Crippen LogP contribution in [0.15, 0.2) is 22.8 Å². The van der Waals surface area contributed by atoms with Crippen molar-refractivity contribution in [3.05, 3.63) is 24.2 Å². The fourth-order valence-electron chi connectivity index (χ4n) is 1.82. The van der Waals surface area contributed by atoms with Crippen LogP contribution in [-0.4, -0.2) is 34.1 Å². The first-order chi connectivity index (χ1) is 9.21. The zero-order valence-electron chi connectivity index (χ0n) is 12.3. The molecule has 1 unspecified atom stereocenters. The number of carbonyl (C=O) groups excluding carboxylic acids is 1. The molecule has 0 radical (unpaired) electrons. The maximum atomic E-state index is 12.3. The third-order valence-electron chi connectivity index (χ3n) is 2.91. The Morgan fingerprint density at radius 1 is 1.45 bits per heavy atom. The van der Waals surface area contributed by atoms with Gasteiger partial charge in [-0.1, -0.05) is 0 Å². The van der Waals surface area contributed by atoms with Gasteiger partial charge in [0.25, 0.3) is 0 Å². The molecule has 0 saturated heterocycles. The lowest BCUT2D eigenvalue weighted by molar-refractivity contribution is -0.137. The van der Waals surface area contributed by atoms with Crippen LogP contribution in [-0.2, 0) is 4.79 Å². The summed E-state index contributed by atoms with van der Waals surface area (Å²) in [5, 5.41) is 11.6. The Kier molecular flexibility index (Phi) is 5.19. The number of aliphatic carboxylic acids is 1. The van der Waals surface area contributed by atoms with Crippen molar-refractivity contribution in [1.82, 2.24) is 10.2 Å². The van der Waals surface area contributed by atoms with Gasteiger partial charge in [-0.25, -0.2) is 4.79 Å². The van der Waals surface area contributed by atoms with E-state index >= 15 is 0 Å².